The third-order valence-corrected chi connectivity index (χ3v) is 4.87. The average Bonchev–Trinajstić information content (AvgIpc) is 2.39. The van der Waals surface area contributed by atoms with Crippen LogP contribution in [0.3, 0.4) is 0 Å². The Morgan fingerprint density at radius 2 is 1.75 bits per heavy atom. The molecule has 0 heterocycles. The summed E-state index contributed by atoms with van der Waals surface area (Å²) in [6.07, 6.45) is 0. The number of carbonyl (C=O) groups excluding carboxylic acids is 1. The van der Waals surface area contributed by atoms with E-state index in [0.717, 1.165) is 15.6 Å². The summed E-state index contributed by atoms with van der Waals surface area (Å²) in [5.41, 5.74) is 2.71. The van der Waals surface area contributed by atoms with E-state index in [1.165, 1.54) is 0 Å². The number of carbonyl (C=O) groups is 1. The summed E-state index contributed by atoms with van der Waals surface area (Å²) < 4.78 is 13.1. The predicted octanol–water partition coefficient (Wildman–Crippen LogP) is 4.06. The van der Waals surface area contributed by atoms with Crippen molar-refractivity contribution in [3.63, 3.8) is 0 Å². The molecule has 2 aromatic carbocycles. The Bertz CT molecular complexity index is 663. The second-order valence-corrected chi connectivity index (χ2v) is 7.05. The van der Waals surface area contributed by atoms with Gasteiger partial charge in [-0.25, -0.2) is 0 Å². The molecule has 1 atom stereocenters. The van der Waals surface area contributed by atoms with Gasteiger partial charge in [-0.05, 0) is 43.7 Å². The Hall–Kier alpha value is -1.26. The topological polar surface area (TPSA) is 34.1 Å². The van der Waals surface area contributed by atoms with E-state index in [9.17, 15) is 9.00 Å². The van der Waals surface area contributed by atoms with Gasteiger partial charge in [0, 0.05) is 14.9 Å². The number of Topliss-reactive ketones (excluding diaryl/α,β-unsaturated/α-hetero) is 1. The van der Waals surface area contributed by atoms with E-state index in [1.54, 1.807) is 12.1 Å². The van der Waals surface area contributed by atoms with Crippen LogP contribution in [0.25, 0.3) is 0 Å². The number of aryl methyl sites for hydroxylation is 2. The van der Waals surface area contributed by atoms with Gasteiger partial charge in [-0.2, -0.15) is 0 Å². The minimum Gasteiger partial charge on any atom is -0.293 e. The molecule has 0 radical (unpaired) electrons. The molecular weight excluding hydrogens is 336 g/mol. The van der Waals surface area contributed by atoms with Crippen molar-refractivity contribution in [2.45, 2.75) is 18.7 Å². The van der Waals surface area contributed by atoms with Gasteiger partial charge in [0.05, 0.1) is 16.6 Å². The number of hydrogen-bond acceptors (Lipinski definition) is 2. The van der Waals surface area contributed by atoms with Gasteiger partial charge in [-0.3, -0.25) is 9.00 Å². The van der Waals surface area contributed by atoms with Gasteiger partial charge < -0.3 is 0 Å². The molecule has 0 fully saturated rings. The lowest BCUT2D eigenvalue weighted by Crippen LogP contribution is -2.12. The summed E-state index contributed by atoms with van der Waals surface area (Å²) in [4.78, 5) is 12.9. The minimum absolute atomic E-state index is 0.0194. The van der Waals surface area contributed by atoms with Gasteiger partial charge in [-0.1, -0.05) is 39.7 Å². The molecule has 2 rings (SSSR count). The molecule has 0 bridgehead atoms. The molecule has 0 N–H and O–H groups in total. The highest BCUT2D eigenvalue weighted by atomic mass is 79.9. The van der Waals surface area contributed by atoms with Crippen molar-refractivity contribution in [1.82, 2.24) is 0 Å². The molecule has 0 aliphatic rings. The molecule has 2 aromatic rings. The number of benzene rings is 2. The van der Waals surface area contributed by atoms with Gasteiger partial charge in [-0.15, -0.1) is 0 Å². The van der Waals surface area contributed by atoms with Crippen molar-refractivity contribution >= 4 is 32.5 Å². The molecule has 0 saturated heterocycles. The van der Waals surface area contributed by atoms with Gasteiger partial charge in [0.15, 0.2) is 5.78 Å². The van der Waals surface area contributed by atoms with Crippen molar-refractivity contribution < 1.29 is 9.00 Å². The zero-order valence-corrected chi connectivity index (χ0v) is 13.8. The maximum absolute atomic E-state index is 12.2. The van der Waals surface area contributed by atoms with Gasteiger partial charge in [0.25, 0.3) is 0 Å². The molecular formula is C16H15BrO2S. The highest BCUT2D eigenvalue weighted by Crippen LogP contribution is 2.16. The fourth-order valence-electron chi connectivity index (χ4n) is 1.99. The number of ketones is 1. The number of hydrogen-bond donors (Lipinski definition) is 0. The van der Waals surface area contributed by atoms with Gasteiger partial charge in [0.2, 0.25) is 0 Å². The third kappa shape index (κ3) is 3.64. The van der Waals surface area contributed by atoms with Crippen LogP contribution in [-0.4, -0.2) is 15.7 Å². The van der Waals surface area contributed by atoms with Crippen LogP contribution in [0.1, 0.15) is 21.5 Å². The molecule has 20 heavy (non-hydrogen) atoms. The fraction of sp³-hybridized carbons (Fsp3) is 0.188. The van der Waals surface area contributed by atoms with Gasteiger partial charge >= 0.3 is 0 Å². The highest BCUT2D eigenvalue weighted by molar-refractivity contribution is 9.10. The van der Waals surface area contributed by atoms with Crippen molar-refractivity contribution in [1.29, 1.82) is 0 Å². The molecule has 0 aliphatic carbocycles. The van der Waals surface area contributed by atoms with Crippen LogP contribution in [0.2, 0.25) is 0 Å². The summed E-state index contributed by atoms with van der Waals surface area (Å²) in [6, 6.07) is 12.9. The Labute approximate surface area is 129 Å². The molecule has 4 heteroatoms. The molecule has 1 unspecified atom stereocenters. The van der Waals surface area contributed by atoms with E-state index >= 15 is 0 Å². The smallest absolute Gasteiger partial charge is 0.175 e. The maximum atomic E-state index is 12.2. The molecule has 2 nitrogen and oxygen atoms in total. The number of halogens is 1. The molecule has 0 saturated carbocycles. The van der Waals surface area contributed by atoms with Crippen LogP contribution in [0.4, 0.5) is 0 Å². The highest BCUT2D eigenvalue weighted by Gasteiger charge is 2.14. The van der Waals surface area contributed by atoms with Crippen LogP contribution < -0.4 is 0 Å². The monoisotopic (exact) mass is 350 g/mol. The Morgan fingerprint density at radius 1 is 1.10 bits per heavy atom. The number of rotatable bonds is 4. The van der Waals surface area contributed by atoms with E-state index < -0.39 is 10.8 Å². The second kappa shape index (κ2) is 6.46. The first kappa shape index (κ1) is 15.1. The first-order valence-corrected chi connectivity index (χ1v) is 8.33. The first-order chi connectivity index (χ1) is 9.47. The molecule has 104 valence electrons. The van der Waals surface area contributed by atoms with E-state index in [2.05, 4.69) is 15.9 Å². The summed E-state index contributed by atoms with van der Waals surface area (Å²) >= 11 is 3.33. The quantitative estimate of drug-likeness (QED) is 0.779. The van der Waals surface area contributed by atoms with E-state index in [-0.39, 0.29) is 11.5 Å². The third-order valence-electron chi connectivity index (χ3n) is 3.02. The SMILES string of the molecule is Cc1ccc(C(=O)CS(=O)c2ccc(Br)cc2)c(C)c1. The summed E-state index contributed by atoms with van der Waals surface area (Å²) in [5.74, 6) is -0.0605. The van der Waals surface area contributed by atoms with Crippen molar-refractivity contribution in [2.24, 2.45) is 0 Å². The van der Waals surface area contributed by atoms with E-state index in [1.807, 2.05) is 44.2 Å². The second-order valence-electron chi connectivity index (χ2n) is 4.69. The lowest BCUT2D eigenvalue weighted by atomic mass is 10.0. The zero-order valence-electron chi connectivity index (χ0n) is 11.4. The molecule has 0 aliphatic heterocycles. The van der Waals surface area contributed by atoms with Crippen molar-refractivity contribution in [2.75, 3.05) is 5.75 Å². The standard InChI is InChI=1S/C16H15BrO2S/c1-11-3-8-15(12(2)9-11)16(18)10-20(19)14-6-4-13(17)5-7-14/h3-9H,10H2,1-2H3. The summed E-state index contributed by atoms with van der Waals surface area (Å²) in [5, 5.41) is 0. The summed E-state index contributed by atoms with van der Waals surface area (Å²) in [7, 11) is -1.31. The largest absolute Gasteiger partial charge is 0.293 e. The zero-order chi connectivity index (χ0) is 14.7. The lowest BCUT2D eigenvalue weighted by Gasteiger charge is -2.06. The van der Waals surface area contributed by atoms with Crippen LogP contribution in [-0.2, 0) is 10.8 Å². The van der Waals surface area contributed by atoms with E-state index in [4.69, 9.17) is 0 Å². The average molecular weight is 351 g/mol. The minimum atomic E-state index is -1.31. The van der Waals surface area contributed by atoms with Crippen molar-refractivity contribution in [3.8, 4) is 0 Å². The summed E-state index contributed by atoms with van der Waals surface area (Å²) in [6.45, 7) is 3.89. The lowest BCUT2D eigenvalue weighted by molar-refractivity contribution is 0.102. The fourth-order valence-corrected chi connectivity index (χ4v) is 3.26. The Morgan fingerprint density at radius 3 is 2.35 bits per heavy atom. The Balaban J connectivity index is 2.15. The van der Waals surface area contributed by atoms with Gasteiger partial charge in [0.1, 0.15) is 0 Å². The van der Waals surface area contributed by atoms with Crippen LogP contribution in [0.5, 0.6) is 0 Å². The molecule has 0 aromatic heterocycles. The molecule has 0 spiro atoms. The Kier molecular flexibility index (Phi) is 4.89. The predicted molar refractivity (Wildman–Crippen MR) is 85.7 cm³/mol. The maximum Gasteiger partial charge on any atom is 0.175 e. The first-order valence-electron chi connectivity index (χ1n) is 6.22. The normalized spacial score (nSPS) is 12.2. The molecule has 0 amide bonds. The van der Waals surface area contributed by atoms with Crippen LogP contribution >= 0.6 is 15.9 Å². The van der Waals surface area contributed by atoms with E-state index in [0.29, 0.717) is 10.5 Å². The van der Waals surface area contributed by atoms with Crippen LogP contribution in [0.15, 0.2) is 51.8 Å². The van der Waals surface area contributed by atoms with Crippen molar-refractivity contribution in [3.05, 3.63) is 63.6 Å². The van der Waals surface area contributed by atoms with Crippen LogP contribution in [0, 0.1) is 13.8 Å².